The molecule has 0 aliphatic carbocycles. The van der Waals surface area contributed by atoms with Crippen LogP contribution in [0.2, 0.25) is 0 Å². The highest BCUT2D eigenvalue weighted by Gasteiger charge is 2.18. The van der Waals surface area contributed by atoms with Gasteiger partial charge < -0.3 is 25.2 Å². The van der Waals surface area contributed by atoms with Gasteiger partial charge in [0.25, 0.3) is 0 Å². The van der Waals surface area contributed by atoms with Gasteiger partial charge in [0.2, 0.25) is 10.0 Å². The first-order valence-corrected chi connectivity index (χ1v) is 12.1. The first kappa shape index (κ1) is 26.7. The number of nitrogens with two attached hydrogens (primary N) is 1. The number of hydrogen-bond acceptors (Lipinski definition) is 8. The molecule has 0 saturated carbocycles. The molecule has 0 radical (unpaired) electrons. The molecule has 0 aliphatic rings. The zero-order valence-corrected chi connectivity index (χ0v) is 19.6. The minimum absolute atomic E-state index is 0.0480. The number of primary sulfonamides is 1. The van der Waals surface area contributed by atoms with Crippen molar-refractivity contribution in [3.05, 3.63) is 30.5 Å². The molecule has 1 aromatic carbocycles. The number of hydrogen-bond donors (Lipinski definition) is 4. The highest BCUT2D eigenvalue weighted by molar-refractivity contribution is 7.89. The van der Waals surface area contributed by atoms with E-state index in [-0.39, 0.29) is 17.5 Å². The Balaban J connectivity index is 1.74. The van der Waals surface area contributed by atoms with E-state index < -0.39 is 16.1 Å². The topological polar surface area (TPSA) is 171 Å². The molecule has 33 heavy (non-hydrogen) atoms. The number of carboxylic acid groups (broad SMARTS) is 1. The molecule has 184 valence electrons. The van der Waals surface area contributed by atoms with Crippen LogP contribution in [0.5, 0.6) is 0 Å². The second-order valence-corrected chi connectivity index (χ2v) is 9.19. The van der Waals surface area contributed by atoms with Crippen molar-refractivity contribution in [1.82, 2.24) is 25.6 Å². The largest absolute Gasteiger partial charge is 0.465 e. The number of aromatic nitrogens is 3. The van der Waals surface area contributed by atoms with E-state index in [4.69, 9.17) is 19.7 Å². The summed E-state index contributed by atoms with van der Waals surface area (Å²) in [5.74, 6) is 0.297. The Morgan fingerprint density at radius 2 is 1.76 bits per heavy atom. The number of amides is 1. The molecule has 0 fully saturated rings. The lowest BCUT2D eigenvalue weighted by Gasteiger charge is -2.21. The van der Waals surface area contributed by atoms with Gasteiger partial charge in [0, 0.05) is 25.2 Å². The fraction of sp³-hybridized carbons (Fsp3) is 0.550. The standard InChI is InChI=1S/C20H32N6O6S/c1-15(2)19(13-22-7-9-31-11-12-32-10-8-23-20(27)28)26-14-18(24-25-26)16-3-5-17(6-4-16)33(21,29)30/h3-6,14-15,19,22-23H,7-13H2,1-2H3,(H,27,28)(H2,21,29,30). The summed E-state index contributed by atoms with van der Waals surface area (Å²) in [4.78, 5) is 10.3. The number of sulfonamides is 1. The number of ether oxygens (including phenoxy) is 2. The van der Waals surface area contributed by atoms with Crippen LogP contribution in [0.15, 0.2) is 35.4 Å². The van der Waals surface area contributed by atoms with E-state index in [2.05, 4.69) is 34.8 Å². The molecule has 13 heteroatoms. The van der Waals surface area contributed by atoms with Crippen LogP contribution in [0.25, 0.3) is 11.3 Å². The normalized spacial score (nSPS) is 12.7. The van der Waals surface area contributed by atoms with Gasteiger partial charge in [0.05, 0.1) is 43.6 Å². The predicted octanol–water partition coefficient (Wildman–Crippen LogP) is 0.680. The summed E-state index contributed by atoms with van der Waals surface area (Å²) in [7, 11) is -3.74. The lowest BCUT2D eigenvalue weighted by Crippen LogP contribution is -2.31. The average molecular weight is 485 g/mol. The first-order valence-electron chi connectivity index (χ1n) is 10.6. The number of carbonyl (C=O) groups is 1. The van der Waals surface area contributed by atoms with E-state index in [1.807, 2.05) is 6.20 Å². The summed E-state index contributed by atoms with van der Waals surface area (Å²) >= 11 is 0. The fourth-order valence-corrected chi connectivity index (χ4v) is 3.48. The van der Waals surface area contributed by atoms with Crippen molar-refractivity contribution in [1.29, 1.82) is 0 Å². The molecule has 5 N–H and O–H groups in total. The number of benzene rings is 1. The van der Waals surface area contributed by atoms with Crippen LogP contribution in [0.1, 0.15) is 19.9 Å². The van der Waals surface area contributed by atoms with Crippen molar-refractivity contribution in [3.63, 3.8) is 0 Å². The SMILES string of the molecule is CC(C)C(CNCCOCCOCCNC(=O)O)n1cc(-c2ccc(S(N)(=O)=O)cc2)nn1. The molecule has 0 aliphatic heterocycles. The van der Waals surface area contributed by atoms with Crippen LogP contribution in [-0.4, -0.2) is 80.7 Å². The summed E-state index contributed by atoms with van der Waals surface area (Å²) in [5, 5.41) is 27.6. The van der Waals surface area contributed by atoms with Gasteiger partial charge in [-0.25, -0.2) is 23.0 Å². The molecule has 1 atom stereocenters. The Morgan fingerprint density at radius 1 is 1.12 bits per heavy atom. The van der Waals surface area contributed by atoms with E-state index in [0.29, 0.717) is 51.1 Å². The van der Waals surface area contributed by atoms with Crippen molar-refractivity contribution in [2.24, 2.45) is 11.1 Å². The van der Waals surface area contributed by atoms with Crippen molar-refractivity contribution in [2.75, 3.05) is 46.1 Å². The van der Waals surface area contributed by atoms with Crippen LogP contribution in [0.4, 0.5) is 4.79 Å². The van der Waals surface area contributed by atoms with Crippen molar-refractivity contribution >= 4 is 16.1 Å². The lowest BCUT2D eigenvalue weighted by molar-refractivity contribution is 0.0496. The van der Waals surface area contributed by atoms with Gasteiger partial charge in [0.15, 0.2) is 0 Å². The quantitative estimate of drug-likeness (QED) is 0.265. The highest BCUT2D eigenvalue weighted by atomic mass is 32.2. The molecular weight excluding hydrogens is 452 g/mol. The first-order chi connectivity index (χ1) is 15.7. The summed E-state index contributed by atoms with van der Waals surface area (Å²) in [5.41, 5.74) is 1.39. The van der Waals surface area contributed by atoms with Gasteiger partial charge in [-0.15, -0.1) is 5.10 Å². The van der Waals surface area contributed by atoms with E-state index in [0.717, 1.165) is 5.56 Å². The molecule has 0 saturated heterocycles. The number of nitrogens with zero attached hydrogens (tertiary/aromatic N) is 3. The van der Waals surface area contributed by atoms with Crippen molar-refractivity contribution in [2.45, 2.75) is 24.8 Å². The molecule has 0 bridgehead atoms. The van der Waals surface area contributed by atoms with E-state index in [1.165, 1.54) is 12.1 Å². The van der Waals surface area contributed by atoms with Gasteiger partial charge in [-0.2, -0.15) is 0 Å². The number of nitrogens with one attached hydrogen (secondary N) is 2. The zero-order valence-electron chi connectivity index (χ0n) is 18.8. The molecule has 2 rings (SSSR count). The summed E-state index contributed by atoms with van der Waals surface area (Å²) in [6, 6.07) is 6.27. The molecular formula is C20H32N6O6S. The third kappa shape index (κ3) is 9.43. The summed E-state index contributed by atoms with van der Waals surface area (Å²) < 4.78 is 35.4. The van der Waals surface area contributed by atoms with E-state index in [1.54, 1.807) is 16.8 Å². The van der Waals surface area contributed by atoms with Crippen molar-refractivity contribution in [3.8, 4) is 11.3 Å². The molecule has 12 nitrogen and oxygen atoms in total. The van der Waals surface area contributed by atoms with Crippen LogP contribution in [0, 0.1) is 5.92 Å². The van der Waals surface area contributed by atoms with E-state index >= 15 is 0 Å². The van der Waals surface area contributed by atoms with Gasteiger partial charge in [-0.05, 0) is 18.1 Å². The Morgan fingerprint density at radius 3 is 2.33 bits per heavy atom. The Hall–Kier alpha value is -2.58. The van der Waals surface area contributed by atoms with Crippen LogP contribution >= 0.6 is 0 Å². The van der Waals surface area contributed by atoms with Crippen molar-refractivity contribution < 1.29 is 27.8 Å². The molecule has 1 amide bonds. The molecule has 2 aromatic rings. The minimum atomic E-state index is -3.74. The predicted molar refractivity (Wildman–Crippen MR) is 121 cm³/mol. The Labute approximate surface area is 193 Å². The minimum Gasteiger partial charge on any atom is -0.465 e. The maximum absolute atomic E-state index is 11.4. The van der Waals surface area contributed by atoms with Gasteiger partial charge in [-0.1, -0.05) is 31.2 Å². The maximum Gasteiger partial charge on any atom is 0.404 e. The maximum atomic E-state index is 11.4. The smallest absolute Gasteiger partial charge is 0.404 e. The Bertz CT molecular complexity index is 964. The Kier molecular flexibility index (Phi) is 10.7. The van der Waals surface area contributed by atoms with Crippen LogP contribution in [0.3, 0.4) is 0 Å². The summed E-state index contributed by atoms with van der Waals surface area (Å²) in [6.07, 6.45) is 0.771. The fourth-order valence-electron chi connectivity index (χ4n) is 2.97. The number of rotatable bonds is 15. The average Bonchev–Trinajstić information content (AvgIpc) is 3.23. The molecule has 1 heterocycles. The lowest BCUT2D eigenvalue weighted by atomic mass is 10.0. The highest BCUT2D eigenvalue weighted by Crippen LogP contribution is 2.22. The molecule has 1 unspecified atom stereocenters. The third-order valence-corrected chi connectivity index (χ3v) is 5.70. The van der Waals surface area contributed by atoms with E-state index in [9.17, 15) is 13.2 Å². The molecule has 1 aromatic heterocycles. The second kappa shape index (κ2) is 13.2. The third-order valence-electron chi connectivity index (χ3n) is 4.77. The zero-order chi connectivity index (χ0) is 24.3. The summed E-state index contributed by atoms with van der Waals surface area (Å²) in [6.45, 7) is 7.42. The monoisotopic (exact) mass is 484 g/mol. The van der Waals surface area contributed by atoms with Crippen LogP contribution in [-0.2, 0) is 19.5 Å². The van der Waals surface area contributed by atoms with Gasteiger partial charge >= 0.3 is 6.09 Å². The van der Waals surface area contributed by atoms with Gasteiger partial charge in [0.1, 0.15) is 5.69 Å². The second-order valence-electron chi connectivity index (χ2n) is 7.63. The van der Waals surface area contributed by atoms with Crippen LogP contribution < -0.4 is 15.8 Å². The van der Waals surface area contributed by atoms with Gasteiger partial charge in [-0.3, -0.25) is 0 Å². The molecule has 0 spiro atoms.